The van der Waals surface area contributed by atoms with Crippen molar-refractivity contribution in [1.82, 2.24) is 4.90 Å². The lowest BCUT2D eigenvalue weighted by atomic mass is 10.1. The van der Waals surface area contributed by atoms with Gasteiger partial charge in [-0.15, -0.1) is 0 Å². The fourth-order valence-electron chi connectivity index (χ4n) is 1.69. The number of carbonyl (C=O) groups is 1. The summed E-state index contributed by atoms with van der Waals surface area (Å²) in [6, 6.07) is 4.83. The van der Waals surface area contributed by atoms with Crippen LogP contribution in [0, 0.1) is 0 Å². The van der Waals surface area contributed by atoms with Crippen molar-refractivity contribution in [3.63, 3.8) is 0 Å². The molecule has 0 heterocycles. The molecular weight excluding hydrogens is 270 g/mol. The molecule has 0 aliphatic carbocycles. The van der Waals surface area contributed by atoms with Gasteiger partial charge in [0.2, 0.25) is 0 Å². The van der Waals surface area contributed by atoms with E-state index in [1.165, 1.54) is 7.11 Å². The van der Waals surface area contributed by atoms with Crippen LogP contribution in [0.4, 0.5) is 0 Å². The Morgan fingerprint density at radius 3 is 2.42 bits per heavy atom. The number of aliphatic hydroxyl groups is 2. The monoisotopic (exact) mass is 287 g/mol. The van der Waals surface area contributed by atoms with Gasteiger partial charge in [0.25, 0.3) is 0 Å². The molecule has 0 aliphatic rings. The molecule has 5 nitrogen and oxygen atoms in total. The maximum absolute atomic E-state index is 12.1. The summed E-state index contributed by atoms with van der Waals surface area (Å²) in [7, 11) is 1.51. The number of nitrogens with zero attached hydrogens (tertiary/aromatic N) is 1. The molecule has 1 aromatic rings. The van der Waals surface area contributed by atoms with Gasteiger partial charge < -0.3 is 14.9 Å². The summed E-state index contributed by atoms with van der Waals surface area (Å²) < 4.78 is 5.02. The van der Waals surface area contributed by atoms with Gasteiger partial charge in [0.15, 0.2) is 5.78 Å². The van der Waals surface area contributed by atoms with Crippen LogP contribution < -0.4 is 4.74 Å². The van der Waals surface area contributed by atoms with E-state index in [0.717, 1.165) is 0 Å². The zero-order valence-electron chi connectivity index (χ0n) is 10.8. The molecule has 0 aromatic heterocycles. The first kappa shape index (κ1) is 15.9. The number of halogens is 1. The standard InChI is InChI=1S/C13H18ClNO4/c1-19-13-3-2-10(8-11(13)14)12(18)9-15(4-6-16)5-7-17/h2-3,8,16-17H,4-7,9H2,1H3. The van der Waals surface area contributed by atoms with Gasteiger partial charge in [0.05, 0.1) is 31.9 Å². The molecule has 6 heteroatoms. The number of Topliss-reactive ketones (excluding diaryl/α,β-unsaturated/α-hetero) is 1. The minimum absolute atomic E-state index is 0.0589. The van der Waals surface area contributed by atoms with E-state index in [-0.39, 0.29) is 25.5 Å². The molecule has 0 saturated heterocycles. The number of hydrogen-bond donors (Lipinski definition) is 2. The number of carbonyl (C=O) groups excluding carboxylic acids is 1. The Morgan fingerprint density at radius 1 is 1.32 bits per heavy atom. The van der Waals surface area contributed by atoms with E-state index in [9.17, 15) is 4.79 Å². The number of methoxy groups -OCH3 is 1. The van der Waals surface area contributed by atoms with E-state index < -0.39 is 0 Å². The van der Waals surface area contributed by atoms with E-state index in [1.807, 2.05) is 0 Å². The highest BCUT2D eigenvalue weighted by molar-refractivity contribution is 6.32. The molecule has 1 aromatic carbocycles. The van der Waals surface area contributed by atoms with Gasteiger partial charge in [-0.1, -0.05) is 11.6 Å². The lowest BCUT2D eigenvalue weighted by Gasteiger charge is -2.19. The molecule has 0 amide bonds. The lowest BCUT2D eigenvalue weighted by Crippen LogP contribution is -2.34. The number of ketones is 1. The molecule has 2 N–H and O–H groups in total. The van der Waals surface area contributed by atoms with Crippen LogP contribution >= 0.6 is 11.6 Å². The Morgan fingerprint density at radius 2 is 1.95 bits per heavy atom. The fourth-order valence-corrected chi connectivity index (χ4v) is 1.94. The molecule has 0 fully saturated rings. The van der Waals surface area contributed by atoms with Crippen LogP contribution in [0.25, 0.3) is 0 Å². The van der Waals surface area contributed by atoms with Crippen molar-refractivity contribution in [3.8, 4) is 5.75 Å². The van der Waals surface area contributed by atoms with Gasteiger partial charge in [0.1, 0.15) is 5.75 Å². The predicted molar refractivity (Wildman–Crippen MR) is 72.9 cm³/mol. The largest absolute Gasteiger partial charge is 0.495 e. The van der Waals surface area contributed by atoms with Crippen molar-refractivity contribution in [1.29, 1.82) is 0 Å². The summed E-state index contributed by atoms with van der Waals surface area (Å²) in [6.45, 7) is 0.698. The van der Waals surface area contributed by atoms with Gasteiger partial charge in [-0.05, 0) is 18.2 Å². The third-order valence-electron chi connectivity index (χ3n) is 2.67. The van der Waals surface area contributed by atoms with Crippen molar-refractivity contribution in [2.45, 2.75) is 0 Å². The highest BCUT2D eigenvalue weighted by atomic mass is 35.5. The topological polar surface area (TPSA) is 70.0 Å². The molecule has 19 heavy (non-hydrogen) atoms. The number of benzene rings is 1. The van der Waals surface area contributed by atoms with Crippen LogP contribution in [-0.4, -0.2) is 60.9 Å². The number of hydrogen-bond acceptors (Lipinski definition) is 5. The molecule has 0 aliphatic heterocycles. The third-order valence-corrected chi connectivity index (χ3v) is 2.97. The highest BCUT2D eigenvalue weighted by Gasteiger charge is 2.13. The number of aliphatic hydroxyl groups excluding tert-OH is 2. The van der Waals surface area contributed by atoms with E-state index in [4.69, 9.17) is 26.6 Å². The zero-order valence-corrected chi connectivity index (χ0v) is 11.6. The second kappa shape index (κ2) is 8.12. The van der Waals surface area contributed by atoms with Crippen LogP contribution in [0.2, 0.25) is 5.02 Å². The van der Waals surface area contributed by atoms with Crippen molar-refractivity contribution in [2.24, 2.45) is 0 Å². The first-order valence-electron chi connectivity index (χ1n) is 5.93. The smallest absolute Gasteiger partial charge is 0.176 e. The van der Waals surface area contributed by atoms with Crippen LogP contribution in [-0.2, 0) is 0 Å². The summed E-state index contributed by atoms with van der Waals surface area (Å²) in [5.74, 6) is 0.396. The predicted octanol–water partition coefficient (Wildman–Crippen LogP) is 0.818. The summed E-state index contributed by atoms with van der Waals surface area (Å²) >= 11 is 5.96. The minimum atomic E-state index is -0.119. The second-order valence-corrected chi connectivity index (χ2v) is 4.40. The first-order chi connectivity index (χ1) is 9.12. The summed E-state index contributed by atoms with van der Waals surface area (Å²) in [4.78, 5) is 13.7. The Bertz CT molecular complexity index is 419. The third kappa shape index (κ3) is 4.80. The quantitative estimate of drug-likeness (QED) is 0.693. The van der Waals surface area contributed by atoms with Crippen molar-refractivity contribution in [2.75, 3.05) is 40.0 Å². The molecule has 106 valence electrons. The molecule has 0 radical (unpaired) electrons. The SMILES string of the molecule is COc1ccc(C(=O)CN(CCO)CCO)cc1Cl. The molecule has 0 unspecified atom stereocenters. The Balaban J connectivity index is 2.73. The Kier molecular flexibility index (Phi) is 6.80. The minimum Gasteiger partial charge on any atom is -0.495 e. The van der Waals surface area contributed by atoms with Crippen LogP contribution in [0.3, 0.4) is 0 Å². The summed E-state index contributed by atoms with van der Waals surface area (Å²) in [6.07, 6.45) is 0. The lowest BCUT2D eigenvalue weighted by molar-refractivity contribution is 0.0894. The maximum atomic E-state index is 12.1. The Labute approximate surface area is 117 Å². The molecule has 1 rings (SSSR count). The van der Waals surface area contributed by atoms with Crippen molar-refractivity contribution >= 4 is 17.4 Å². The second-order valence-electron chi connectivity index (χ2n) is 4.00. The van der Waals surface area contributed by atoms with Crippen LogP contribution in [0.5, 0.6) is 5.75 Å². The normalized spacial score (nSPS) is 10.8. The van der Waals surface area contributed by atoms with Gasteiger partial charge in [-0.2, -0.15) is 0 Å². The molecular formula is C13H18ClNO4. The molecule has 0 atom stereocenters. The van der Waals surface area contributed by atoms with Crippen molar-refractivity contribution in [3.05, 3.63) is 28.8 Å². The average Bonchev–Trinajstić information content (AvgIpc) is 2.39. The van der Waals surface area contributed by atoms with Gasteiger partial charge in [0, 0.05) is 18.7 Å². The summed E-state index contributed by atoms with van der Waals surface area (Å²) in [5, 5.41) is 18.2. The van der Waals surface area contributed by atoms with Crippen LogP contribution in [0.1, 0.15) is 10.4 Å². The van der Waals surface area contributed by atoms with E-state index in [1.54, 1.807) is 23.1 Å². The fraction of sp³-hybridized carbons (Fsp3) is 0.462. The maximum Gasteiger partial charge on any atom is 0.176 e. The average molecular weight is 288 g/mol. The molecule has 0 spiro atoms. The first-order valence-corrected chi connectivity index (χ1v) is 6.31. The van der Waals surface area contributed by atoms with Crippen LogP contribution in [0.15, 0.2) is 18.2 Å². The molecule has 0 saturated carbocycles. The van der Waals surface area contributed by atoms with Gasteiger partial charge in [-0.25, -0.2) is 0 Å². The van der Waals surface area contributed by atoms with Gasteiger partial charge in [-0.3, -0.25) is 9.69 Å². The zero-order chi connectivity index (χ0) is 14.3. The van der Waals surface area contributed by atoms with E-state index in [0.29, 0.717) is 29.4 Å². The van der Waals surface area contributed by atoms with Gasteiger partial charge >= 0.3 is 0 Å². The van der Waals surface area contributed by atoms with E-state index in [2.05, 4.69) is 0 Å². The summed E-state index contributed by atoms with van der Waals surface area (Å²) in [5.41, 5.74) is 0.478. The van der Waals surface area contributed by atoms with Crippen molar-refractivity contribution < 1.29 is 19.7 Å². The highest BCUT2D eigenvalue weighted by Crippen LogP contribution is 2.25. The number of ether oxygens (including phenoxy) is 1. The number of rotatable bonds is 8. The Hall–Kier alpha value is -1.14. The molecule has 0 bridgehead atoms. The van der Waals surface area contributed by atoms with E-state index >= 15 is 0 Å².